The number of anilines is 1. The number of hydrogen-bond donors (Lipinski definition) is 1. The zero-order valence-electron chi connectivity index (χ0n) is 9.11. The first kappa shape index (κ1) is 12.0. The topological polar surface area (TPSA) is 21.3 Å². The molecule has 1 aromatic carbocycles. The maximum Gasteiger partial charge on any atom is 0.123 e. The minimum Gasteiger partial charge on any atom is -0.497 e. The summed E-state index contributed by atoms with van der Waals surface area (Å²) in [6, 6.07) is 6.12. The fourth-order valence-corrected chi connectivity index (χ4v) is 1.05. The minimum atomic E-state index is -0.247. The molecular weight excluding hydrogens is 205 g/mol. The van der Waals surface area contributed by atoms with E-state index in [0.717, 1.165) is 5.69 Å². The summed E-state index contributed by atoms with van der Waals surface area (Å²) in [5.74, 6) is 0.430. The monoisotopic (exact) mass is 219 g/mol. The molecule has 1 rings (SSSR count). The Morgan fingerprint density at radius 1 is 1.38 bits per heavy atom. The van der Waals surface area contributed by atoms with Gasteiger partial charge in [0.25, 0.3) is 0 Å². The summed E-state index contributed by atoms with van der Waals surface area (Å²) >= 11 is 0. The van der Waals surface area contributed by atoms with Gasteiger partial charge in [0.15, 0.2) is 0 Å². The number of hydrogen-bond acceptors (Lipinski definition) is 2. The van der Waals surface area contributed by atoms with Gasteiger partial charge in [-0.15, -0.1) is 0 Å². The molecule has 0 heterocycles. The lowest BCUT2D eigenvalue weighted by molar-refractivity contribution is 0.307. The standard InChI is InChI=1S/C13H14FNO/c1-3-13(16-2)5-4-10-15-12-8-6-11(14)7-9-12/h3-10,15H,1H2,2H3/b10-4+,13-5+. The number of methoxy groups -OCH3 is 1. The molecule has 2 nitrogen and oxygen atoms in total. The van der Waals surface area contributed by atoms with E-state index < -0.39 is 0 Å². The van der Waals surface area contributed by atoms with Gasteiger partial charge in [0.1, 0.15) is 11.6 Å². The maximum atomic E-state index is 12.6. The highest BCUT2D eigenvalue weighted by Crippen LogP contribution is 2.07. The van der Waals surface area contributed by atoms with Crippen LogP contribution in [-0.2, 0) is 4.74 Å². The molecule has 0 atom stereocenters. The summed E-state index contributed by atoms with van der Waals surface area (Å²) in [4.78, 5) is 0. The lowest BCUT2D eigenvalue weighted by atomic mass is 10.3. The van der Waals surface area contributed by atoms with Crippen LogP contribution in [0.2, 0.25) is 0 Å². The highest BCUT2D eigenvalue weighted by molar-refractivity contribution is 5.45. The third-order valence-electron chi connectivity index (χ3n) is 1.89. The summed E-state index contributed by atoms with van der Waals surface area (Å²) < 4.78 is 17.6. The molecule has 0 spiro atoms. The van der Waals surface area contributed by atoms with Gasteiger partial charge in [-0.2, -0.15) is 0 Å². The molecule has 0 aliphatic carbocycles. The Balaban J connectivity index is 2.51. The molecule has 0 radical (unpaired) electrons. The lowest BCUT2D eigenvalue weighted by Crippen LogP contribution is -1.86. The van der Waals surface area contributed by atoms with Crippen LogP contribution in [0.5, 0.6) is 0 Å². The van der Waals surface area contributed by atoms with Crippen molar-refractivity contribution < 1.29 is 9.13 Å². The highest BCUT2D eigenvalue weighted by Gasteiger charge is 1.89. The maximum absolute atomic E-state index is 12.6. The van der Waals surface area contributed by atoms with Crippen molar-refractivity contribution in [2.24, 2.45) is 0 Å². The fraction of sp³-hybridized carbons (Fsp3) is 0.0769. The molecule has 84 valence electrons. The highest BCUT2D eigenvalue weighted by atomic mass is 19.1. The summed E-state index contributed by atoms with van der Waals surface area (Å²) in [5.41, 5.74) is 0.823. The van der Waals surface area contributed by atoms with Crippen LogP contribution >= 0.6 is 0 Å². The molecular formula is C13H14FNO. The van der Waals surface area contributed by atoms with E-state index in [1.807, 2.05) is 0 Å². The number of nitrogens with one attached hydrogen (secondary N) is 1. The van der Waals surface area contributed by atoms with Crippen LogP contribution in [0.15, 0.2) is 61.0 Å². The van der Waals surface area contributed by atoms with Gasteiger partial charge < -0.3 is 10.1 Å². The Labute approximate surface area is 94.7 Å². The second-order valence-electron chi connectivity index (χ2n) is 2.99. The van der Waals surface area contributed by atoms with Gasteiger partial charge in [-0.3, -0.25) is 0 Å². The molecule has 1 aromatic rings. The number of ether oxygens (including phenoxy) is 1. The fourth-order valence-electron chi connectivity index (χ4n) is 1.05. The predicted molar refractivity (Wildman–Crippen MR) is 64.5 cm³/mol. The minimum absolute atomic E-state index is 0.247. The van der Waals surface area contributed by atoms with Crippen molar-refractivity contribution in [3.8, 4) is 0 Å². The molecule has 0 aromatic heterocycles. The Morgan fingerprint density at radius 3 is 2.62 bits per heavy atom. The second kappa shape index (κ2) is 6.45. The summed E-state index contributed by atoms with van der Waals surface area (Å²) in [6.07, 6.45) is 6.89. The zero-order chi connectivity index (χ0) is 11.8. The summed E-state index contributed by atoms with van der Waals surface area (Å²) in [5, 5.41) is 2.99. The van der Waals surface area contributed by atoms with E-state index in [0.29, 0.717) is 5.76 Å². The number of allylic oxidation sites excluding steroid dienone is 3. The molecule has 0 aliphatic rings. The molecule has 0 bridgehead atoms. The van der Waals surface area contributed by atoms with Gasteiger partial charge in [-0.1, -0.05) is 6.58 Å². The van der Waals surface area contributed by atoms with Crippen LogP contribution in [0, 0.1) is 5.82 Å². The molecule has 16 heavy (non-hydrogen) atoms. The van der Waals surface area contributed by atoms with E-state index in [4.69, 9.17) is 4.74 Å². The molecule has 3 heteroatoms. The van der Waals surface area contributed by atoms with Crippen molar-refractivity contribution in [1.82, 2.24) is 0 Å². The van der Waals surface area contributed by atoms with E-state index in [-0.39, 0.29) is 5.82 Å². The van der Waals surface area contributed by atoms with Crippen LogP contribution in [-0.4, -0.2) is 7.11 Å². The Morgan fingerprint density at radius 2 is 2.06 bits per heavy atom. The number of rotatable bonds is 5. The Hall–Kier alpha value is -2.03. The SMILES string of the molecule is C=C/C(=C\C=C\Nc1ccc(F)cc1)OC. The van der Waals surface area contributed by atoms with Crippen molar-refractivity contribution in [3.05, 3.63) is 66.8 Å². The summed E-state index contributed by atoms with van der Waals surface area (Å²) in [7, 11) is 1.58. The largest absolute Gasteiger partial charge is 0.497 e. The average molecular weight is 219 g/mol. The van der Waals surface area contributed by atoms with E-state index in [9.17, 15) is 4.39 Å². The van der Waals surface area contributed by atoms with Crippen LogP contribution in [0.3, 0.4) is 0 Å². The van der Waals surface area contributed by atoms with Gasteiger partial charge in [-0.05, 0) is 42.5 Å². The van der Waals surface area contributed by atoms with Crippen molar-refractivity contribution in [2.45, 2.75) is 0 Å². The molecule has 0 aliphatic heterocycles. The molecule has 0 fully saturated rings. The first-order valence-corrected chi connectivity index (χ1v) is 4.81. The first-order chi connectivity index (χ1) is 7.76. The van der Waals surface area contributed by atoms with Gasteiger partial charge in [0, 0.05) is 11.9 Å². The van der Waals surface area contributed by atoms with Crippen LogP contribution < -0.4 is 5.32 Å². The molecule has 0 saturated heterocycles. The van der Waals surface area contributed by atoms with Gasteiger partial charge >= 0.3 is 0 Å². The zero-order valence-corrected chi connectivity index (χ0v) is 9.11. The van der Waals surface area contributed by atoms with Gasteiger partial charge in [0.05, 0.1) is 7.11 Å². The molecule has 0 saturated carbocycles. The van der Waals surface area contributed by atoms with Crippen LogP contribution in [0.25, 0.3) is 0 Å². The lowest BCUT2D eigenvalue weighted by Gasteiger charge is -1.99. The average Bonchev–Trinajstić information content (AvgIpc) is 2.32. The third kappa shape index (κ3) is 4.00. The normalized spacial score (nSPS) is 11.5. The van der Waals surface area contributed by atoms with E-state index in [1.165, 1.54) is 12.1 Å². The van der Waals surface area contributed by atoms with Crippen molar-refractivity contribution in [1.29, 1.82) is 0 Å². The Bertz CT molecular complexity index is 393. The van der Waals surface area contributed by atoms with Crippen LogP contribution in [0.4, 0.5) is 10.1 Å². The van der Waals surface area contributed by atoms with E-state index >= 15 is 0 Å². The second-order valence-corrected chi connectivity index (χ2v) is 2.99. The summed E-state index contributed by atoms with van der Waals surface area (Å²) in [6.45, 7) is 3.59. The van der Waals surface area contributed by atoms with Crippen molar-refractivity contribution >= 4 is 5.69 Å². The van der Waals surface area contributed by atoms with Crippen molar-refractivity contribution in [3.63, 3.8) is 0 Å². The van der Waals surface area contributed by atoms with Crippen molar-refractivity contribution in [2.75, 3.05) is 12.4 Å². The van der Waals surface area contributed by atoms with Crippen LogP contribution in [0.1, 0.15) is 0 Å². The Kier molecular flexibility index (Phi) is 4.86. The third-order valence-corrected chi connectivity index (χ3v) is 1.89. The predicted octanol–water partition coefficient (Wildman–Crippen LogP) is 3.47. The number of halogens is 1. The molecule has 1 N–H and O–H groups in total. The molecule has 0 unspecified atom stereocenters. The smallest absolute Gasteiger partial charge is 0.123 e. The first-order valence-electron chi connectivity index (χ1n) is 4.81. The van der Waals surface area contributed by atoms with E-state index in [1.54, 1.807) is 43.7 Å². The van der Waals surface area contributed by atoms with Gasteiger partial charge in [0.2, 0.25) is 0 Å². The quantitative estimate of drug-likeness (QED) is 0.604. The van der Waals surface area contributed by atoms with Gasteiger partial charge in [-0.25, -0.2) is 4.39 Å². The number of benzene rings is 1. The molecule has 0 amide bonds. The van der Waals surface area contributed by atoms with E-state index in [2.05, 4.69) is 11.9 Å².